The maximum Gasteiger partial charge on any atom is 0.251 e. The van der Waals surface area contributed by atoms with Crippen LogP contribution in [0.3, 0.4) is 0 Å². The van der Waals surface area contributed by atoms with Gasteiger partial charge in [0.2, 0.25) is 0 Å². The third-order valence-electron chi connectivity index (χ3n) is 1.90. The molecular formula is C10H10N4O. The Hall–Kier alpha value is -2.04. The standard InChI is InChI=1S/C10H10N4O/c1-6-4-12-9(5-11-6)8-3-10(15)14-7(2)13-8/h3-5H,1-2H3,(H,13,14,15). The minimum atomic E-state index is -0.181. The fourth-order valence-corrected chi connectivity index (χ4v) is 1.24. The van der Waals surface area contributed by atoms with Gasteiger partial charge in [0.25, 0.3) is 5.56 Å². The SMILES string of the molecule is Cc1cnc(-c2cc(=O)[nH]c(C)n2)cn1. The Kier molecular flexibility index (Phi) is 2.29. The minimum Gasteiger partial charge on any atom is -0.311 e. The van der Waals surface area contributed by atoms with Gasteiger partial charge in [-0.2, -0.15) is 0 Å². The summed E-state index contributed by atoms with van der Waals surface area (Å²) >= 11 is 0. The number of aromatic amines is 1. The Labute approximate surface area is 86.3 Å². The lowest BCUT2D eigenvalue weighted by molar-refractivity contribution is 1.01. The van der Waals surface area contributed by atoms with E-state index >= 15 is 0 Å². The molecule has 0 fully saturated rings. The van der Waals surface area contributed by atoms with E-state index < -0.39 is 0 Å². The highest BCUT2D eigenvalue weighted by atomic mass is 16.1. The van der Waals surface area contributed by atoms with Gasteiger partial charge in [-0.05, 0) is 13.8 Å². The Morgan fingerprint density at radius 3 is 2.53 bits per heavy atom. The van der Waals surface area contributed by atoms with Crippen molar-refractivity contribution in [1.29, 1.82) is 0 Å². The molecule has 0 aliphatic carbocycles. The van der Waals surface area contributed by atoms with Gasteiger partial charge < -0.3 is 4.98 Å². The number of hydrogen-bond acceptors (Lipinski definition) is 4. The summed E-state index contributed by atoms with van der Waals surface area (Å²) in [7, 11) is 0. The van der Waals surface area contributed by atoms with E-state index in [-0.39, 0.29) is 5.56 Å². The molecule has 0 saturated heterocycles. The van der Waals surface area contributed by atoms with Crippen LogP contribution >= 0.6 is 0 Å². The first-order valence-corrected chi connectivity index (χ1v) is 4.52. The Bertz CT molecular complexity index is 530. The van der Waals surface area contributed by atoms with Crippen LogP contribution in [0.5, 0.6) is 0 Å². The van der Waals surface area contributed by atoms with Gasteiger partial charge in [-0.1, -0.05) is 0 Å². The maximum atomic E-state index is 11.2. The van der Waals surface area contributed by atoms with Crippen molar-refractivity contribution in [3.63, 3.8) is 0 Å². The molecule has 76 valence electrons. The van der Waals surface area contributed by atoms with Gasteiger partial charge in [-0.15, -0.1) is 0 Å². The molecule has 2 aromatic rings. The van der Waals surface area contributed by atoms with Crippen molar-refractivity contribution >= 4 is 0 Å². The minimum absolute atomic E-state index is 0.181. The summed E-state index contributed by atoms with van der Waals surface area (Å²) in [6.45, 7) is 3.58. The monoisotopic (exact) mass is 202 g/mol. The zero-order valence-corrected chi connectivity index (χ0v) is 8.48. The molecule has 0 amide bonds. The fourth-order valence-electron chi connectivity index (χ4n) is 1.24. The first-order chi connectivity index (χ1) is 7.15. The summed E-state index contributed by atoms with van der Waals surface area (Å²) in [4.78, 5) is 26.2. The normalized spacial score (nSPS) is 10.3. The van der Waals surface area contributed by atoms with E-state index in [0.29, 0.717) is 17.2 Å². The second kappa shape index (κ2) is 3.61. The van der Waals surface area contributed by atoms with E-state index in [4.69, 9.17) is 0 Å². The van der Waals surface area contributed by atoms with Gasteiger partial charge in [-0.25, -0.2) is 4.98 Å². The van der Waals surface area contributed by atoms with Crippen molar-refractivity contribution in [2.75, 3.05) is 0 Å². The number of aryl methyl sites for hydroxylation is 2. The molecule has 2 aromatic heterocycles. The van der Waals surface area contributed by atoms with Crippen molar-refractivity contribution in [2.45, 2.75) is 13.8 Å². The van der Waals surface area contributed by atoms with Crippen molar-refractivity contribution in [1.82, 2.24) is 19.9 Å². The number of aromatic nitrogens is 4. The van der Waals surface area contributed by atoms with Crippen LogP contribution in [0.4, 0.5) is 0 Å². The van der Waals surface area contributed by atoms with Gasteiger partial charge in [0.05, 0.1) is 17.6 Å². The second-order valence-electron chi connectivity index (χ2n) is 3.26. The molecule has 0 bridgehead atoms. The summed E-state index contributed by atoms with van der Waals surface area (Å²) in [5, 5.41) is 0. The smallest absolute Gasteiger partial charge is 0.251 e. The summed E-state index contributed by atoms with van der Waals surface area (Å²) < 4.78 is 0. The predicted molar refractivity (Wildman–Crippen MR) is 55.4 cm³/mol. The van der Waals surface area contributed by atoms with Crippen LogP contribution in [0.1, 0.15) is 11.5 Å². The average molecular weight is 202 g/mol. The molecule has 0 atom stereocenters. The van der Waals surface area contributed by atoms with Gasteiger partial charge in [0.1, 0.15) is 11.5 Å². The van der Waals surface area contributed by atoms with Crippen LogP contribution in [0.15, 0.2) is 23.3 Å². The molecule has 2 heterocycles. The lowest BCUT2D eigenvalue weighted by Crippen LogP contribution is -2.09. The third-order valence-corrected chi connectivity index (χ3v) is 1.90. The van der Waals surface area contributed by atoms with Crippen LogP contribution in [-0.2, 0) is 0 Å². The van der Waals surface area contributed by atoms with E-state index in [1.807, 2.05) is 6.92 Å². The number of hydrogen-bond donors (Lipinski definition) is 1. The molecule has 1 N–H and O–H groups in total. The molecule has 0 aromatic carbocycles. The number of nitrogens with one attached hydrogen (secondary N) is 1. The highest BCUT2D eigenvalue weighted by Crippen LogP contribution is 2.09. The van der Waals surface area contributed by atoms with E-state index in [9.17, 15) is 4.79 Å². The first-order valence-electron chi connectivity index (χ1n) is 4.52. The number of nitrogens with zero attached hydrogens (tertiary/aromatic N) is 3. The summed E-state index contributed by atoms with van der Waals surface area (Å²) in [6, 6.07) is 1.41. The molecule has 0 aliphatic rings. The summed E-state index contributed by atoms with van der Waals surface area (Å²) in [5.74, 6) is 0.569. The van der Waals surface area contributed by atoms with Crippen molar-refractivity contribution in [3.8, 4) is 11.4 Å². The van der Waals surface area contributed by atoms with Crippen LogP contribution < -0.4 is 5.56 Å². The lowest BCUT2D eigenvalue weighted by atomic mass is 10.3. The van der Waals surface area contributed by atoms with E-state index in [2.05, 4.69) is 19.9 Å². The third kappa shape index (κ3) is 2.07. The second-order valence-corrected chi connectivity index (χ2v) is 3.26. The van der Waals surface area contributed by atoms with Crippen molar-refractivity contribution in [2.24, 2.45) is 0 Å². The van der Waals surface area contributed by atoms with Crippen LogP contribution in [0.25, 0.3) is 11.4 Å². The zero-order valence-electron chi connectivity index (χ0n) is 8.48. The Balaban J connectivity index is 2.54. The van der Waals surface area contributed by atoms with Crippen LogP contribution in [0, 0.1) is 13.8 Å². The van der Waals surface area contributed by atoms with Gasteiger partial charge in [0.15, 0.2) is 0 Å². The van der Waals surface area contributed by atoms with Crippen molar-refractivity contribution < 1.29 is 0 Å². The summed E-state index contributed by atoms with van der Waals surface area (Å²) in [6.07, 6.45) is 3.25. The zero-order chi connectivity index (χ0) is 10.8. The molecule has 15 heavy (non-hydrogen) atoms. The lowest BCUT2D eigenvalue weighted by Gasteiger charge is -2.00. The topological polar surface area (TPSA) is 71.5 Å². The fraction of sp³-hybridized carbons (Fsp3) is 0.200. The first kappa shape index (κ1) is 9.51. The maximum absolute atomic E-state index is 11.2. The number of H-pyrrole nitrogens is 1. The van der Waals surface area contributed by atoms with Gasteiger partial charge in [0, 0.05) is 12.3 Å². The molecule has 0 spiro atoms. The van der Waals surface area contributed by atoms with Crippen LogP contribution in [-0.4, -0.2) is 19.9 Å². The van der Waals surface area contributed by atoms with E-state index in [1.165, 1.54) is 6.07 Å². The molecule has 0 radical (unpaired) electrons. The Morgan fingerprint density at radius 1 is 1.13 bits per heavy atom. The highest BCUT2D eigenvalue weighted by molar-refractivity contribution is 5.51. The average Bonchev–Trinajstić information content (AvgIpc) is 2.17. The molecule has 0 aliphatic heterocycles. The quantitative estimate of drug-likeness (QED) is 0.743. The van der Waals surface area contributed by atoms with E-state index in [1.54, 1.807) is 19.3 Å². The molecule has 0 unspecified atom stereocenters. The molecule has 0 saturated carbocycles. The van der Waals surface area contributed by atoms with Crippen molar-refractivity contribution in [3.05, 3.63) is 40.3 Å². The molecule has 5 nitrogen and oxygen atoms in total. The van der Waals surface area contributed by atoms with Crippen LogP contribution in [0.2, 0.25) is 0 Å². The predicted octanol–water partition coefficient (Wildman–Crippen LogP) is 0.844. The van der Waals surface area contributed by atoms with E-state index in [0.717, 1.165) is 5.69 Å². The molecular weight excluding hydrogens is 192 g/mol. The number of rotatable bonds is 1. The van der Waals surface area contributed by atoms with Gasteiger partial charge >= 0.3 is 0 Å². The Morgan fingerprint density at radius 2 is 1.93 bits per heavy atom. The summed E-state index contributed by atoms with van der Waals surface area (Å²) in [5.41, 5.74) is 1.80. The van der Waals surface area contributed by atoms with Gasteiger partial charge in [-0.3, -0.25) is 14.8 Å². The molecule has 5 heteroatoms. The largest absolute Gasteiger partial charge is 0.311 e. The highest BCUT2D eigenvalue weighted by Gasteiger charge is 2.03. The molecule has 2 rings (SSSR count).